The minimum absolute atomic E-state index is 0.105. The third-order valence-corrected chi connectivity index (χ3v) is 8.43. The first kappa shape index (κ1) is 21.0. The van der Waals surface area contributed by atoms with E-state index in [1.807, 2.05) is 24.4 Å². The highest BCUT2D eigenvalue weighted by molar-refractivity contribution is 7.91. The van der Waals surface area contributed by atoms with Crippen molar-refractivity contribution in [3.63, 3.8) is 0 Å². The van der Waals surface area contributed by atoms with Gasteiger partial charge in [-0.15, -0.1) is 11.3 Å². The molecule has 0 unspecified atom stereocenters. The predicted molar refractivity (Wildman–Crippen MR) is 118 cm³/mol. The first-order valence-electron chi connectivity index (χ1n) is 9.51. The monoisotopic (exact) mass is 464 g/mol. The van der Waals surface area contributed by atoms with Crippen LogP contribution in [-0.4, -0.2) is 41.8 Å². The van der Waals surface area contributed by atoms with Gasteiger partial charge < -0.3 is 9.88 Å². The van der Waals surface area contributed by atoms with E-state index in [4.69, 9.17) is 16.6 Å². The van der Waals surface area contributed by atoms with Crippen molar-refractivity contribution in [2.24, 2.45) is 0 Å². The van der Waals surface area contributed by atoms with Crippen LogP contribution in [-0.2, 0) is 27.8 Å². The van der Waals surface area contributed by atoms with Crippen molar-refractivity contribution in [2.45, 2.75) is 30.0 Å². The largest absolute Gasteiger partial charge is 0.334 e. The number of anilines is 1. The summed E-state index contributed by atoms with van der Waals surface area (Å²) in [6, 6.07) is 10.4. The molecule has 2 aromatic heterocycles. The summed E-state index contributed by atoms with van der Waals surface area (Å²) in [6.07, 6.45) is 5.34. The van der Waals surface area contributed by atoms with Gasteiger partial charge in [0, 0.05) is 37.5 Å². The molecule has 10 heteroatoms. The van der Waals surface area contributed by atoms with Crippen molar-refractivity contribution in [1.29, 1.82) is 0 Å². The summed E-state index contributed by atoms with van der Waals surface area (Å²) in [5, 5.41) is 2.77. The quantitative estimate of drug-likeness (QED) is 0.600. The van der Waals surface area contributed by atoms with Gasteiger partial charge in [-0.2, -0.15) is 4.31 Å². The third-order valence-electron chi connectivity index (χ3n) is 4.93. The highest BCUT2D eigenvalue weighted by Crippen LogP contribution is 2.28. The van der Waals surface area contributed by atoms with Gasteiger partial charge in [0.1, 0.15) is 10.0 Å². The number of sulfonamides is 1. The van der Waals surface area contributed by atoms with Crippen molar-refractivity contribution in [2.75, 3.05) is 18.9 Å². The summed E-state index contributed by atoms with van der Waals surface area (Å²) in [6.45, 7) is 0.676. The number of amides is 1. The van der Waals surface area contributed by atoms with Crippen LogP contribution in [0.3, 0.4) is 0 Å². The van der Waals surface area contributed by atoms with E-state index in [0.29, 0.717) is 10.0 Å². The minimum Gasteiger partial charge on any atom is -0.334 e. The molecule has 0 atom stereocenters. The van der Waals surface area contributed by atoms with Crippen LogP contribution in [0.2, 0.25) is 4.34 Å². The third kappa shape index (κ3) is 4.44. The lowest BCUT2D eigenvalue weighted by Crippen LogP contribution is -2.34. The van der Waals surface area contributed by atoms with Crippen LogP contribution in [0.1, 0.15) is 18.7 Å². The number of thiophene rings is 1. The van der Waals surface area contributed by atoms with Gasteiger partial charge in [0.15, 0.2) is 0 Å². The molecule has 0 fully saturated rings. The van der Waals surface area contributed by atoms with Gasteiger partial charge in [-0.3, -0.25) is 4.79 Å². The molecule has 1 amide bonds. The average molecular weight is 465 g/mol. The number of hydrogen-bond donors (Lipinski definition) is 1. The zero-order valence-electron chi connectivity index (χ0n) is 16.3. The second-order valence-corrected chi connectivity index (χ2v) is 11.1. The Balaban J connectivity index is 1.45. The van der Waals surface area contributed by atoms with Gasteiger partial charge in [-0.05, 0) is 37.1 Å². The summed E-state index contributed by atoms with van der Waals surface area (Å²) in [5.41, 5.74) is 2.37. The summed E-state index contributed by atoms with van der Waals surface area (Å²) in [4.78, 5) is 17.2. The van der Waals surface area contributed by atoms with Gasteiger partial charge >= 0.3 is 0 Å². The molecule has 1 N–H and O–H groups in total. The smallest absolute Gasteiger partial charge is 0.252 e. The Morgan fingerprint density at radius 1 is 1.30 bits per heavy atom. The number of carbonyl (C=O) groups excluding carboxylic acids is 1. The van der Waals surface area contributed by atoms with Crippen LogP contribution in [0.25, 0.3) is 11.3 Å². The zero-order chi connectivity index (χ0) is 21.3. The number of halogens is 1. The molecule has 1 aromatic carbocycles. The number of aromatic nitrogens is 2. The number of nitrogens with zero attached hydrogens (tertiary/aromatic N) is 3. The molecule has 0 aliphatic carbocycles. The van der Waals surface area contributed by atoms with Crippen LogP contribution in [0.4, 0.5) is 5.69 Å². The first-order chi connectivity index (χ1) is 14.3. The van der Waals surface area contributed by atoms with Crippen LogP contribution in [0, 0.1) is 0 Å². The molecule has 158 valence electrons. The average Bonchev–Trinajstić information content (AvgIpc) is 3.34. The number of nitrogens with one attached hydrogen (secondary N) is 1. The molecule has 0 radical (unpaired) electrons. The summed E-state index contributed by atoms with van der Waals surface area (Å²) in [5.74, 6) is 0.663. The molecule has 0 bridgehead atoms. The molecular weight excluding hydrogens is 444 g/mol. The van der Waals surface area contributed by atoms with Gasteiger partial charge in [0.05, 0.1) is 16.6 Å². The molecule has 4 rings (SSSR count). The number of carbonyl (C=O) groups is 1. The van der Waals surface area contributed by atoms with E-state index in [1.165, 1.54) is 19.2 Å². The Morgan fingerprint density at radius 2 is 2.13 bits per heavy atom. The maximum Gasteiger partial charge on any atom is 0.252 e. The predicted octanol–water partition coefficient (Wildman–Crippen LogP) is 3.86. The van der Waals surface area contributed by atoms with Gasteiger partial charge in [-0.25, -0.2) is 13.4 Å². The van der Waals surface area contributed by atoms with E-state index in [2.05, 4.69) is 9.88 Å². The number of rotatable bonds is 6. The second kappa shape index (κ2) is 8.50. The van der Waals surface area contributed by atoms with Crippen LogP contribution >= 0.6 is 22.9 Å². The van der Waals surface area contributed by atoms with E-state index in [-0.39, 0.29) is 10.8 Å². The fourth-order valence-corrected chi connectivity index (χ4v) is 6.21. The van der Waals surface area contributed by atoms with Crippen LogP contribution < -0.4 is 5.32 Å². The Hall–Kier alpha value is -2.20. The van der Waals surface area contributed by atoms with Crippen molar-refractivity contribution in [3.8, 4) is 11.3 Å². The van der Waals surface area contributed by atoms with Crippen LogP contribution in [0.15, 0.2) is 46.8 Å². The number of fused-ring (bicyclic) bond motifs is 1. The Kier molecular flexibility index (Phi) is 5.97. The van der Waals surface area contributed by atoms with Gasteiger partial charge in [-0.1, -0.05) is 23.7 Å². The lowest BCUT2D eigenvalue weighted by molar-refractivity contribution is -0.116. The van der Waals surface area contributed by atoms with E-state index in [0.717, 1.165) is 58.5 Å². The van der Waals surface area contributed by atoms with E-state index < -0.39 is 15.9 Å². The molecule has 1 aliphatic heterocycles. The van der Waals surface area contributed by atoms with E-state index in [9.17, 15) is 13.2 Å². The fraction of sp³-hybridized carbons (Fsp3) is 0.300. The van der Waals surface area contributed by atoms with Gasteiger partial charge in [0.25, 0.3) is 10.0 Å². The van der Waals surface area contributed by atoms with Crippen LogP contribution in [0.5, 0.6) is 0 Å². The highest BCUT2D eigenvalue weighted by Gasteiger charge is 2.24. The lowest BCUT2D eigenvalue weighted by atomic mass is 10.1. The standard InChI is InChI=1S/C20H21ClN4O3S2/c1-24(30(27,28)20-9-8-17(21)29-20)13-19(26)22-15-6-4-5-14(11-15)16-12-25-10-3-2-7-18(25)23-16/h4-6,8-9,11-12H,2-3,7,10,13H2,1H3,(H,22,26). The zero-order valence-corrected chi connectivity index (χ0v) is 18.7. The molecule has 0 saturated carbocycles. The molecule has 0 saturated heterocycles. The van der Waals surface area contributed by atoms with Crippen molar-refractivity contribution >= 4 is 44.6 Å². The summed E-state index contributed by atoms with van der Waals surface area (Å²) < 4.78 is 28.8. The van der Waals surface area contributed by atoms with Gasteiger partial charge in [0.2, 0.25) is 5.91 Å². The second-order valence-electron chi connectivity index (χ2n) is 7.14. The number of likely N-dealkylation sites (N-methyl/N-ethyl adjacent to an activating group) is 1. The first-order valence-corrected chi connectivity index (χ1v) is 12.1. The maximum atomic E-state index is 12.6. The summed E-state index contributed by atoms with van der Waals surface area (Å²) in [7, 11) is -2.40. The number of aryl methyl sites for hydroxylation is 2. The Bertz CT molecular complexity index is 1160. The number of imidazole rings is 1. The van der Waals surface area contributed by atoms with Crippen molar-refractivity contribution < 1.29 is 13.2 Å². The topological polar surface area (TPSA) is 84.3 Å². The lowest BCUT2D eigenvalue weighted by Gasteiger charge is -2.15. The van der Waals surface area contributed by atoms with Crippen molar-refractivity contribution in [3.05, 3.63) is 52.8 Å². The molecule has 0 spiro atoms. The molecule has 3 heterocycles. The Morgan fingerprint density at radius 3 is 2.87 bits per heavy atom. The Labute approximate surface area is 184 Å². The molecular formula is C20H21ClN4O3S2. The maximum absolute atomic E-state index is 12.6. The summed E-state index contributed by atoms with van der Waals surface area (Å²) >= 11 is 6.79. The number of hydrogen-bond acceptors (Lipinski definition) is 5. The fourth-order valence-electron chi connectivity index (χ4n) is 3.39. The SMILES string of the molecule is CN(CC(=O)Nc1cccc(-c2cn3c(n2)CCCC3)c1)S(=O)(=O)c1ccc(Cl)s1. The molecule has 30 heavy (non-hydrogen) atoms. The van der Waals surface area contributed by atoms with Crippen molar-refractivity contribution in [1.82, 2.24) is 13.9 Å². The molecule has 1 aliphatic rings. The molecule has 3 aromatic rings. The minimum atomic E-state index is -3.76. The molecule has 7 nitrogen and oxygen atoms in total. The highest BCUT2D eigenvalue weighted by atomic mass is 35.5. The number of benzene rings is 1. The normalized spacial score (nSPS) is 14.0. The van der Waals surface area contributed by atoms with E-state index in [1.54, 1.807) is 6.07 Å². The van der Waals surface area contributed by atoms with E-state index >= 15 is 0 Å².